The zero-order valence-electron chi connectivity index (χ0n) is 11.6. The lowest BCUT2D eigenvalue weighted by Gasteiger charge is -2.11. The van der Waals surface area contributed by atoms with E-state index in [1.807, 2.05) is 6.92 Å². The highest BCUT2D eigenvalue weighted by Crippen LogP contribution is 2.32. The van der Waals surface area contributed by atoms with Crippen molar-refractivity contribution in [1.29, 1.82) is 0 Å². The van der Waals surface area contributed by atoms with Crippen molar-refractivity contribution in [2.45, 2.75) is 13.3 Å². The maximum atomic E-state index is 11.7. The van der Waals surface area contributed by atoms with Crippen molar-refractivity contribution in [2.75, 3.05) is 38.3 Å². The largest absolute Gasteiger partial charge is 0.490 e. The molecule has 0 saturated carbocycles. The van der Waals surface area contributed by atoms with Crippen LogP contribution in [0.4, 0.5) is 10.5 Å². The fourth-order valence-corrected chi connectivity index (χ4v) is 1.80. The van der Waals surface area contributed by atoms with Crippen LogP contribution in [0.5, 0.6) is 11.5 Å². The van der Waals surface area contributed by atoms with E-state index in [0.717, 1.165) is 6.42 Å². The van der Waals surface area contributed by atoms with Crippen molar-refractivity contribution in [1.82, 2.24) is 5.32 Å². The number of urea groups is 1. The normalized spacial score (nSPS) is 13.4. The number of anilines is 1. The van der Waals surface area contributed by atoms with Gasteiger partial charge >= 0.3 is 6.03 Å². The van der Waals surface area contributed by atoms with Crippen LogP contribution in [0.3, 0.4) is 0 Å². The molecule has 0 aromatic heterocycles. The van der Waals surface area contributed by atoms with Crippen LogP contribution in [0.2, 0.25) is 0 Å². The second kappa shape index (κ2) is 7.59. The van der Waals surface area contributed by atoms with E-state index < -0.39 is 0 Å². The molecular weight excluding hydrogens is 260 g/mol. The number of rotatable bonds is 5. The van der Waals surface area contributed by atoms with Crippen LogP contribution in [-0.2, 0) is 4.74 Å². The first-order valence-corrected chi connectivity index (χ1v) is 6.82. The van der Waals surface area contributed by atoms with E-state index in [0.29, 0.717) is 50.2 Å². The molecule has 2 rings (SSSR count). The summed E-state index contributed by atoms with van der Waals surface area (Å²) in [5, 5.41) is 5.46. The lowest BCUT2D eigenvalue weighted by atomic mass is 10.3. The van der Waals surface area contributed by atoms with Gasteiger partial charge < -0.3 is 24.8 Å². The molecule has 0 radical (unpaired) electrons. The predicted octanol–water partition coefficient (Wildman–Crippen LogP) is 2.01. The third-order valence-electron chi connectivity index (χ3n) is 2.74. The SMILES string of the molecule is CCOCCNC(=O)Nc1ccc2c(c1)OCCCO2. The molecule has 0 spiro atoms. The van der Waals surface area contributed by atoms with Crippen LogP contribution in [0, 0.1) is 0 Å². The van der Waals surface area contributed by atoms with Gasteiger partial charge in [-0.2, -0.15) is 0 Å². The van der Waals surface area contributed by atoms with Gasteiger partial charge in [-0.3, -0.25) is 0 Å². The van der Waals surface area contributed by atoms with Gasteiger partial charge in [-0.25, -0.2) is 4.79 Å². The van der Waals surface area contributed by atoms with Crippen LogP contribution in [0.15, 0.2) is 18.2 Å². The summed E-state index contributed by atoms with van der Waals surface area (Å²) in [5.74, 6) is 1.37. The summed E-state index contributed by atoms with van der Waals surface area (Å²) in [6.45, 7) is 4.81. The van der Waals surface area contributed by atoms with E-state index in [1.165, 1.54) is 0 Å². The molecule has 6 heteroatoms. The summed E-state index contributed by atoms with van der Waals surface area (Å²) in [7, 11) is 0. The molecule has 1 aromatic carbocycles. The smallest absolute Gasteiger partial charge is 0.319 e. The molecule has 0 bridgehead atoms. The summed E-state index contributed by atoms with van der Waals surface area (Å²) < 4.78 is 16.2. The van der Waals surface area contributed by atoms with Gasteiger partial charge in [-0.1, -0.05) is 0 Å². The maximum absolute atomic E-state index is 11.7. The minimum Gasteiger partial charge on any atom is -0.490 e. The number of carbonyl (C=O) groups is 1. The number of hydrogen-bond acceptors (Lipinski definition) is 4. The topological polar surface area (TPSA) is 68.8 Å². The van der Waals surface area contributed by atoms with Crippen molar-refractivity contribution in [2.24, 2.45) is 0 Å². The molecular formula is C14H20N2O4. The molecule has 0 fully saturated rings. The maximum Gasteiger partial charge on any atom is 0.319 e. The number of amides is 2. The van der Waals surface area contributed by atoms with Gasteiger partial charge in [-0.15, -0.1) is 0 Å². The van der Waals surface area contributed by atoms with Crippen molar-refractivity contribution < 1.29 is 19.0 Å². The Bertz CT molecular complexity index is 451. The zero-order valence-corrected chi connectivity index (χ0v) is 11.6. The van der Waals surface area contributed by atoms with Gasteiger partial charge in [0, 0.05) is 31.3 Å². The minimum absolute atomic E-state index is 0.265. The standard InChI is InChI=1S/C14H20N2O4/c1-2-18-9-6-15-14(17)16-11-4-5-12-13(10-11)20-8-3-7-19-12/h4-5,10H,2-3,6-9H2,1H3,(H2,15,16,17). The van der Waals surface area contributed by atoms with E-state index in [-0.39, 0.29) is 6.03 Å². The summed E-state index contributed by atoms with van der Waals surface area (Å²) in [6, 6.07) is 5.09. The molecule has 6 nitrogen and oxygen atoms in total. The van der Waals surface area contributed by atoms with Gasteiger partial charge in [0.25, 0.3) is 0 Å². The first kappa shape index (κ1) is 14.5. The van der Waals surface area contributed by atoms with Crippen LogP contribution >= 0.6 is 0 Å². The molecule has 1 aliphatic heterocycles. The monoisotopic (exact) mass is 280 g/mol. The lowest BCUT2D eigenvalue weighted by Crippen LogP contribution is -2.31. The summed E-state index contributed by atoms with van der Waals surface area (Å²) in [4.78, 5) is 11.7. The van der Waals surface area contributed by atoms with Gasteiger partial charge in [0.05, 0.1) is 19.8 Å². The average Bonchev–Trinajstić information content (AvgIpc) is 2.68. The predicted molar refractivity (Wildman–Crippen MR) is 75.6 cm³/mol. The first-order valence-electron chi connectivity index (χ1n) is 6.82. The molecule has 1 heterocycles. The van der Waals surface area contributed by atoms with E-state index in [2.05, 4.69) is 10.6 Å². The summed E-state index contributed by atoms with van der Waals surface area (Å²) in [6.07, 6.45) is 0.857. The second-order valence-corrected chi connectivity index (χ2v) is 4.29. The number of ether oxygens (including phenoxy) is 3. The Balaban J connectivity index is 1.86. The van der Waals surface area contributed by atoms with Gasteiger partial charge in [0.1, 0.15) is 0 Å². The average molecular weight is 280 g/mol. The molecule has 110 valence electrons. The van der Waals surface area contributed by atoms with Crippen LogP contribution in [0.1, 0.15) is 13.3 Å². The van der Waals surface area contributed by atoms with E-state index in [9.17, 15) is 4.79 Å². The molecule has 2 N–H and O–H groups in total. The fourth-order valence-electron chi connectivity index (χ4n) is 1.80. The number of fused-ring (bicyclic) bond motifs is 1. The van der Waals surface area contributed by atoms with Crippen LogP contribution in [-0.4, -0.2) is 39.0 Å². The lowest BCUT2D eigenvalue weighted by molar-refractivity contribution is 0.150. The Morgan fingerprint density at radius 2 is 2.10 bits per heavy atom. The van der Waals surface area contributed by atoms with Gasteiger partial charge in [-0.05, 0) is 19.1 Å². The Labute approximate surface area is 118 Å². The van der Waals surface area contributed by atoms with Crippen molar-refractivity contribution >= 4 is 11.7 Å². The third-order valence-corrected chi connectivity index (χ3v) is 2.74. The van der Waals surface area contributed by atoms with E-state index in [4.69, 9.17) is 14.2 Å². The van der Waals surface area contributed by atoms with Crippen LogP contribution in [0.25, 0.3) is 0 Å². The molecule has 0 unspecified atom stereocenters. The highest BCUT2D eigenvalue weighted by Gasteiger charge is 2.11. The third kappa shape index (κ3) is 4.31. The highest BCUT2D eigenvalue weighted by molar-refractivity contribution is 5.89. The summed E-state index contributed by atoms with van der Waals surface area (Å²) in [5.41, 5.74) is 0.670. The molecule has 0 aliphatic carbocycles. The molecule has 20 heavy (non-hydrogen) atoms. The molecule has 2 amide bonds. The van der Waals surface area contributed by atoms with E-state index >= 15 is 0 Å². The zero-order chi connectivity index (χ0) is 14.2. The Morgan fingerprint density at radius 1 is 1.30 bits per heavy atom. The van der Waals surface area contributed by atoms with Crippen molar-refractivity contribution in [3.8, 4) is 11.5 Å². The van der Waals surface area contributed by atoms with Crippen molar-refractivity contribution in [3.05, 3.63) is 18.2 Å². The Morgan fingerprint density at radius 3 is 2.90 bits per heavy atom. The Hall–Kier alpha value is -1.95. The Kier molecular flexibility index (Phi) is 5.49. The fraction of sp³-hybridized carbons (Fsp3) is 0.500. The van der Waals surface area contributed by atoms with Crippen molar-refractivity contribution in [3.63, 3.8) is 0 Å². The van der Waals surface area contributed by atoms with Gasteiger partial charge in [0.15, 0.2) is 11.5 Å². The number of hydrogen-bond donors (Lipinski definition) is 2. The van der Waals surface area contributed by atoms with Crippen LogP contribution < -0.4 is 20.1 Å². The molecule has 0 atom stereocenters. The van der Waals surface area contributed by atoms with E-state index in [1.54, 1.807) is 18.2 Å². The molecule has 1 aromatic rings. The number of nitrogens with one attached hydrogen (secondary N) is 2. The second-order valence-electron chi connectivity index (χ2n) is 4.29. The number of carbonyl (C=O) groups excluding carboxylic acids is 1. The quantitative estimate of drug-likeness (QED) is 0.809. The van der Waals surface area contributed by atoms with Gasteiger partial charge in [0.2, 0.25) is 0 Å². The molecule has 0 saturated heterocycles. The highest BCUT2D eigenvalue weighted by atomic mass is 16.5. The number of benzene rings is 1. The summed E-state index contributed by atoms with van der Waals surface area (Å²) >= 11 is 0. The first-order chi connectivity index (χ1) is 9.79. The minimum atomic E-state index is -0.265. The molecule has 1 aliphatic rings.